The quantitative estimate of drug-likeness (QED) is 0.855. The van der Waals surface area contributed by atoms with Crippen molar-refractivity contribution in [3.05, 3.63) is 50.1 Å². The maximum atomic E-state index is 12.8. The van der Waals surface area contributed by atoms with E-state index in [0.717, 1.165) is 15.6 Å². The lowest BCUT2D eigenvalue weighted by molar-refractivity contribution is 0.465. The molecule has 0 spiro atoms. The summed E-state index contributed by atoms with van der Waals surface area (Å²) in [5.41, 5.74) is 7.33. The molecule has 0 bridgehead atoms. The number of sulfonamides is 1. The third kappa shape index (κ3) is 3.37. The Morgan fingerprint density at radius 3 is 2.62 bits per heavy atom. The van der Waals surface area contributed by atoms with Gasteiger partial charge in [-0.2, -0.15) is 4.31 Å². The van der Waals surface area contributed by atoms with E-state index in [1.54, 1.807) is 14.0 Å². The largest absolute Gasteiger partial charge is 0.326 e. The van der Waals surface area contributed by atoms with Crippen LogP contribution in [0.4, 0.5) is 0 Å². The third-order valence-electron chi connectivity index (χ3n) is 3.19. The zero-order chi connectivity index (χ0) is 15.6. The van der Waals surface area contributed by atoms with Crippen LogP contribution in [0.15, 0.2) is 39.0 Å². The topological polar surface area (TPSA) is 63.4 Å². The zero-order valence-electron chi connectivity index (χ0n) is 11.8. The van der Waals surface area contributed by atoms with Crippen molar-refractivity contribution in [3.8, 4) is 0 Å². The molecule has 7 heteroatoms. The first-order valence-corrected chi connectivity index (χ1v) is 9.46. The van der Waals surface area contributed by atoms with Crippen LogP contribution in [0.25, 0.3) is 0 Å². The van der Waals surface area contributed by atoms with Crippen molar-refractivity contribution in [3.63, 3.8) is 0 Å². The van der Waals surface area contributed by atoms with Gasteiger partial charge in [0.15, 0.2) is 0 Å². The van der Waals surface area contributed by atoms with Gasteiger partial charge >= 0.3 is 0 Å². The summed E-state index contributed by atoms with van der Waals surface area (Å²) < 4.78 is 27.8. The Morgan fingerprint density at radius 1 is 1.33 bits per heavy atom. The van der Waals surface area contributed by atoms with E-state index in [1.807, 2.05) is 29.6 Å². The zero-order valence-corrected chi connectivity index (χ0v) is 15.1. The highest BCUT2D eigenvalue weighted by atomic mass is 79.9. The van der Waals surface area contributed by atoms with Crippen molar-refractivity contribution in [1.29, 1.82) is 0 Å². The summed E-state index contributed by atoms with van der Waals surface area (Å²) in [7, 11) is -1.95. The van der Waals surface area contributed by atoms with E-state index in [1.165, 1.54) is 15.6 Å². The monoisotopic (exact) mass is 388 g/mol. The van der Waals surface area contributed by atoms with E-state index < -0.39 is 10.0 Å². The molecule has 0 radical (unpaired) electrons. The maximum Gasteiger partial charge on any atom is 0.244 e. The predicted molar refractivity (Wildman–Crippen MR) is 89.7 cm³/mol. The van der Waals surface area contributed by atoms with Gasteiger partial charge in [0, 0.05) is 29.5 Å². The molecule has 0 aliphatic rings. The molecule has 4 nitrogen and oxygen atoms in total. The van der Waals surface area contributed by atoms with Crippen LogP contribution < -0.4 is 5.73 Å². The van der Waals surface area contributed by atoms with Gasteiger partial charge in [-0.05, 0) is 29.5 Å². The molecular formula is C14H17BrN2O2S2. The molecule has 21 heavy (non-hydrogen) atoms. The van der Waals surface area contributed by atoms with Gasteiger partial charge in [-0.1, -0.05) is 34.1 Å². The SMILES string of the molecule is Cc1csc(CN)c1S(=O)(=O)N(C)Cc1ccccc1Br. The van der Waals surface area contributed by atoms with E-state index in [2.05, 4.69) is 15.9 Å². The fourth-order valence-electron chi connectivity index (χ4n) is 2.08. The van der Waals surface area contributed by atoms with Crippen LogP contribution in [0.5, 0.6) is 0 Å². The van der Waals surface area contributed by atoms with Crippen LogP contribution >= 0.6 is 27.3 Å². The number of thiophene rings is 1. The van der Waals surface area contributed by atoms with Crippen molar-refractivity contribution in [1.82, 2.24) is 4.31 Å². The number of nitrogens with zero attached hydrogens (tertiary/aromatic N) is 1. The van der Waals surface area contributed by atoms with Gasteiger partial charge < -0.3 is 5.73 Å². The molecule has 0 saturated heterocycles. The van der Waals surface area contributed by atoms with Gasteiger partial charge in [-0.3, -0.25) is 0 Å². The number of benzene rings is 1. The lowest BCUT2D eigenvalue weighted by Gasteiger charge is -2.19. The van der Waals surface area contributed by atoms with E-state index in [0.29, 0.717) is 16.3 Å². The lowest BCUT2D eigenvalue weighted by Crippen LogP contribution is -2.27. The predicted octanol–water partition coefficient (Wildman–Crippen LogP) is 3.10. The molecule has 114 valence electrons. The smallest absolute Gasteiger partial charge is 0.244 e. The van der Waals surface area contributed by atoms with Gasteiger partial charge in [-0.15, -0.1) is 11.3 Å². The molecule has 0 unspecified atom stereocenters. The van der Waals surface area contributed by atoms with Crippen molar-refractivity contribution < 1.29 is 8.42 Å². The highest BCUT2D eigenvalue weighted by Gasteiger charge is 2.27. The highest BCUT2D eigenvalue weighted by molar-refractivity contribution is 9.10. The lowest BCUT2D eigenvalue weighted by atomic mass is 10.2. The Morgan fingerprint density at radius 2 is 2.00 bits per heavy atom. The fraction of sp³-hybridized carbons (Fsp3) is 0.286. The number of hydrogen-bond donors (Lipinski definition) is 1. The van der Waals surface area contributed by atoms with Crippen molar-refractivity contribution >= 4 is 37.3 Å². The average molecular weight is 389 g/mol. The van der Waals surface area contributed by atoms with Gasteiger partial charge in [0.25, 0.3) is 0 Å². The molecule has 0 atom stereocenters. The first-order chi connectivity index (χ1) is 9.87. The summed E-state index contributed by atoms with van der Waals surface area (Å²) in [5.74, 6) is 0. The first-order valence-electron chi connectivity index (χ1n) is 6.34. The van der Waals surface area contributed by atoms with Crippen LogP contribution in [0.3, 0.4) is 0 Å². The Balaban J connectivity index is 2.35. The standard InChI is InChI=1S/C14H17BrN2O2S2/c1-10-9-20-13(7-16)14(10)21(18,19)17(2)8-11-5-3-4-6-12(11)15/h3-6,9H,7-8,16H2,1-2H3. The van der Waals surface area contributed by atoms with Crippen molar-refractivity contribution in [2.45, 2.75) is 24.9 Å². The van der Waals surface area contributed by atoms with Crippen LogP contribution in [0, 0.1) is 6.92 Å². The number of rotatable bonds is 5. The molecule has 0 amide bonds. The Hall–Kier alpha value is -0.730. The maximum absolute atomic E-state index is 12.8. The molecule has 0 aliphatic carbocycles. The van der Waals surface area contributed by atoms with E-state index in [-0.39, 0.29) is 6.54 Å². The molecule has 2 aromatic rings. The summed E-state index contributed by atoms with van der Waals surface area (Å²) in [4.78, 5) is 1.05. The van der Waals surface area contributed by atoms with E-state index in [9.17, 15) is 8.42 Å². The molecule has 1 aromatic carbocycles. The first kappa shape index (κ1) is 16.6. The third-order valence-corrected chi connectivity index (χ3v) is 7.26. The minimum Gasteiger partial charge on any atom is -0.326 e. The Bertz CT molecular complexity index is 741. The van der Waals surface area contributed by atoms with Crippen LogP contribution in [0.2, 0.25) is 0 Å². The molecule has 1 heterocycles. The van der Waals surface area contributed by atoms with Gasteiger partial charge in [-0.25, -0.2) is 8.42 Å². The minimum absolute atomic E-state index is 0.232. The van der Waals surface area contributed by atoms with Crippen LogP contribution in [-0.4, -0.2) is 19.8 Å². The van der Waals surface area contributed by atoms with Crippen LogP contribution in [-0.2, 0) is 23.1 Å². The second kappa shape index (κ2) is 6.58. The van der Waals surface area contributed by atoms with Crippen LogP contribution in [0.1, 0.15) is 16.0 Å². The molecule has 2 rings (SSSR count). The van der Waals surface area contributed by atoms with Crippen molar-refractivity contribution in [2.75, 3.05) is 7.05 Å². The minimum atomic E-state index is -3.54. The van der Waals surface area contributed by atoms with E-state index >= 15 is 0 Å². The molecule has 1 aromatic heterocycles. The molecule has 0 aliphatic heterocycles. The molecule has 0 saturated carbocycles. The molecular weight excluding hydrogens is 372 g/mol. The Labute approximate surface area is 137 Å². The summed E-state index contributed by atoms with van der Waals surface area (Å²) >= 11 is 4.83. The van der Waals surface area contributed by atoms with E-state index in [4.69, 9.17) is 5.73 Å². The number of halogens is 1. The second-order valence-electron chi connectivity index (χ2n) is 4.73. The normalized spacial score (nSPS) is 12.0. The second-order valence-corrected chi connectivity index (χ2v) is 8.53. The summed E-state index contributed by atoms with van der Waals surface area (Å²) in [6.45, 7) is 2.34. The van der Waals surface area contributed by atoms with Crippen molar-refractivity contribution in [2.24, 2.45) is 5.73 Å². The molecule has 0 fully saturated rings. The van der Waals surface area contributed by atoms with Gasteiger partial charge in [0.2, 0.25) is 10.0 Å². The summed E-state index contributed by atoms with van der Waals surface area (Å²) in [5, 5.41) is 1.83. The van der Waals surface area contributed by atoms with Gasteiger partial charge in [0.05, 0.1) is 0 Å². The summed E-state index contributed by atoms with van der Waals surface area (Å²) in [6, 6.07) is 7.59. The number of aryl methyl sites for hydroxylation is 1. The highest BCUT2D eigenvalue weighted by Crippen LogP contribution is 2.30. The number of hydrogen-bond acceptors (Lipinski definition) is 4. The fourth-order valence-corrected chi connectivity index (χ4v) is 5.29. The average Bonchev–Trinajstić information content (AvgIpc) is 2.83. The van der Waals surface area contributed by atoms with Gasteiger partial charge in [0.1, 0.15) is 4.90 Å². The number of nitrogens with two attached hydrogens (primary N) is 1. The molecule has 2 N–H and O–H groups in total. The summed E-state index contributed by atoms with van der Waals surface area (Å²) in [6.07, 6.45) is 0. The Kier molecular flexibility index (Phi) is 5.21.